The van der Waals surface area contributed by atoms with E-state index in [1.165, 1.54) is 0 Å². The molecule has 1 atom stereocenters. The molecular weight excluding hydrogens is 309 g/mol. The van der Waals surface area contributed by atoms with E-state index in [4.69, 9.17) is 27.9 Å². The highest BCUT2D eigenvalue weighted by atomic mass is 35.5. The number of unbranched alkanes of at least 4 members (excludes halogenated alkanes) is 1. The van der Waals surface area contributed by atoms with Crippen molar-refractivity contribution in [3.05, 3.63) is 29.8 Å². The minimum absolute atomic E-state index is 0.107. The van der Waals surface area contributed by atoms with E-state index in [-0.39, 0.29) is 5.91 Å². The third-order valence-electron chi connectivity index (χ3n) is 3.88. The molecule has 0 bridgehead atoms. The van der Waals surface area contributed by atoms with Crippen LogP contribution in [-0.4, -0.2) is 16.8 Å². The van der Waals surface area contributed by atoms with E-state index >= 15 is 0 Å². The second-order valence-electron chi connectivity index (χ2n) is 5.75. The Kier molecular flexibility index (Phi) is 5.05. The quantitative estimate of drug-likeness (QED) is 0.605. The molecule has 2 rings (SSSR count). The fraction of sp³-hybridized carbons (Fsp3) is 0.562. The number of halogens is 2. The Bertz CT molecular complexity index is 519. The molecule has 0 radical (unpaired) electrons. The summed E-state index contributed by atoms with van der Waals surface area (Å²) in [5.74, 6) is 0.724. The molecular formula is C16H21Cl2NO2. The van der Waals surface area contributed by atoms with Crippen molar-refractivity contribution in [3.63, 3.8) is 0 Å². The minimum Gasteiger partial charge on any atom is -0.494 e. The summed E-state index contributed by atoms with van der Waals surface area (Å²) in [5.41, 5.74) is 0.321. The number of carbonyl (C=O) groups is 1. The van der Waals surface area contributed by atoms with Crippen molar-refractivity contribution in [1.29, 1.82) is 0 Å². The topological polar surface area (TPSA) is 38.3 Å². The number of alkyl halides is 2. The monoisotopic (exact) mass is 329 g/mol. The van der Waals surface area contributed by atoms with Gasteiger partial charge in [-0.25, -0.2) is 0 Å². The first kappa shape index (κ1) is 16.4. The lowest BCUT2D eigenvalue weighted by molar-refractivity contribution is -0.125. The molecule has 1 saturated carbocycles. The third kappa shape index (κ3) is 3.83. The number of benzene rings is 1. The lowest BCUT2D eigenvalue weighted by Crippen LogP contribution is -2.32. The normalized spacial score (nSPS) is 22.7. The second kappa shape index (κ2) is 6.45. The molecule has 1 aromatic carbocycles. The molecule has 1 aliphatic rings. The van der Waals surface area contributed by atoms with E-state index in [9.17, 15) is 4.79 Å². The molecule has 1 aromatic rings. The average molecular weight is 330 g/mol. The molecule has 3 nitrogen and oxygen atoms in total. The molecule has 0 saturated heterocycles. The van der Waals surface area contributed by atoms with Crippen LogP contribution < -0.4 is 10.1 Å². The lowest BCUT2D eigenvalue weighted by atomic mass is 10.1. The van der Waals surface area contributed by atoms with E-state index in [1.807, 2.05) is 24.3 Å². The Hall–Kier alpha value is -0.930. The van der Waals surface area contributed by atoms with Gasteiger partial charge in [-0.1, -0.05) is 25.5 Å². The standard InChI is InChI=1S/C16H21Cl2NO2/c1-3-4-8-21-13-7-5-6-12(9-13)10-19-14(20)15(2)11-16(15,17)18/h5-7,9H,3-4,8,10-11H2,1-2H3,(H,19,20). The molecule has 0 spiro atoms. The van der Waals surface area contributed by atoms with Gasteiger partial charge in [-0.05, 0) is 37.5 Å². The van der Waals surface area contributed by atoms with Gasteiger partial charge in [0.1, 0.15) is 10.1 Å². The number of hydrogen-bond acceptors (Lipinski definition) is 2. The van der Waals surface area contributed by atoms with Crippen LogP contribution in [0, 0.1) is 5.41 Å². The number of nitrogens with one attached hydrogen (secondary N) is 1. The molecule has 0 aliphatic heterocycles. The van der Waals surface area contributed by atoms with Gasteiger partial charge < -0.3 is 10.1 Å². The van der Waals surface area contributed by atoms with E-state index in [1.54, 1.807) is 6.92 Å². The summed E-state index contributed by atoms with van der Waals surface area (Å²) in [6, 6.07) is 7.75. The zero-order chi connectivity index (χ0) is 15.5. The van der Waals surface area contributed by atoms with Gasteiger partial charge in [0.05, 0.1) is 12.0 Å². The maximum absolute atomic E-state index is 12.1. The van der Waals surface area contributed by atoms with Crippen molar-refractivity contribution in [1.82, 2.24) is 5.32 Å². The van der Waals surface area contributed by atoms with Crippen molar-refractivity contribution in [2.24, 2.45) is 5.41 Å². The van der Waals surface area contributed by atoms with Crippen LogP contribution in [0.5, 0.6) is 5.75 Å². The molecule has 1 aliphatic carbocycles. The maximum Gasteiger partial charge on any atom is 0.229 e. The van der Waals surface area contributed by atoms with E-state index in [2.05, 4.69) is 12.2 Å². The van der Waals surface area contributed by atoms with Crippen LogP contribution in [0.4, 0.5) is 0 Å². The van der Waals surface area contributed by atoms with Crippen molar-refractivity contribution in [2.75, 3.05) is 6.61 Å². The number of amides is 1. The summed E-state index contributed by atoms with van der Waals surface area (Å²) >= 11 is 12.0. The van der Waals surface area contributed by atoms with Crippen LogP contribution in [0.15, 0.2) is 24.3 Å². The Morgan fingerprint density at radius 1 is 1.43 bits per heavy atom. The van der Waals surface area contributed by atoms with E-state index in [0.717, 1.165) is 24.2 Å². The first-order valence-corrected chi connectivity index (χ1v) is 8.02. The van der Waals surface area contributed by atoms with Crippen molar-refractivity contribution in [3.8, 4) is 5.75 Å². The Balaban J connectivity index is 1.86. The van der Waals surface area contributed by atoms with Gasteiger partial charge in [0.2, 0.25) is 5.91 Å². The third-order valence-corrected chi connectivity index (χ3v) is 4.98. The van der Waals surface area contributed by atoms with Crippen LogP contribution in [0.3, 0.4) is 0 Å². The number of hydrogen-bond donors (Lipinski definition) is 1. The molecule has 116 valence electrons. The fourth-order valence-corrected chi connectivity index (χ4v) is 2.81. The summed E-state index contributed by atoms with van der Waals surface area (Å²) in [6.07, 6.45) is 2.63. The largest absolute Gasteiger partial charge is 0.494 e. The van der Waals surface area contributed by atoms with Gasteiger partial charge in [-0.15, -0.1) is 23.2 Å². The van der Waals surface area contributed by atoms with Crippen molar-refractivity contribution >= 4 is 29.1 Å². The second-order valence-corrected chi connectivity index (χ2v) is 7.23. The summed E-state index contributed by atoms with van der Waals surface area (Å²) in [5, 5.41) is 2.89. The van der Waals surface area contributed by atoms with Crippen LogP contribution in [0.1, 0.15) is 38.7 Å². The summed E-state index contributed by atoms with van der Waals surface area (Å²) < 4.78 is 4.72. The first-order valence-electron chi connectivity index (χ1n) is 7.27. The highest BCUT2D eigenvalue weighted by molar-refractivity contribution is 6.53. The fourth-order valence-electron chi connectivity index (χ4n) is 2.10. The summed E-state index contributed by atoms with van der Waals surface area (Å²) in [7, 11) is 0. The first-order chi connectivity index (χ1) is 9.89. The molecule has 1 fully saturated rings. The molecule has 0 aromatic heterocycles. The van der Waals surface area contributed by atoms with Gasteiger partial charge >= 0.3 is 0 Å². The highest BCUT2D eigenvalue weighted by Gasteiger charge is 2.67. The predicted octanol–water partition coefficient (Wildman–Crippen LogP) is 4.07. The Labute approximate surface area is 136 Å². The average Bonchev–Trinajstić information content (AvgIpc) is 2.97. The molecule has 1 amide bonds. The SMILES string of the molecule is CCCCOc1cccc(CNC(=O)C2(C)CC2(Cl)Cl)c1. The van der Waals surface area contributed by atoms with Gasteiger partial charge in [0.15, 0.2) is 0 Å². The van der Waals surface area contributed by atoms with Gasteiger partial charge in [-0.3, -0.25) is 4.79 Å². The molecule has 21 heavy (non-hydrogen) atoms. The zero-order valence-corrected chi connectivity index (χ0v) is 13.9. The smallest absolute Gasteiger partial charge is 0.229 e. The van der Waals surface area contributed by atoms with Gasteiger partial charge in [-0.2, -0.15) is 0 Å². The van der Waals surface area contributed by atoms with E-state index in [0.29, 0.717) is 19.6 Å². The molecule has 1 unspecified atom stereocenters. The maximum atomic E-state index is 12.1. The molecule has 5 heteroatoms. The van der Waals surface area contributed by atoms with Gasteiger partial charge in [0.25, 0.3) is 0 Å². The predicted molar refractivity (Wildman–Crippen MR) is 85.9 cm³/mol. The van der Waals surface area contributed by atoms with Crippen molar-refractivity contribution < 1.29 is 9.53 Å². The molecule has 1 N–H and O–H groups in total. The summed E-state index contributed by atoms with van der Waals surface area (Å²) in [6.45, 7) is 5.07. The minimum atomic E-state index is -0.928. The van der Waals surface area contributed by atoms with E-state index < -0.39 is 9.75 Å². The number of carbonyl (C=O) groups excluding carboxylic acids is 1. The number of ether oxygens (including phenoxy) is 1. The molecule has 0 heterocycles. The van der Waals surface area contributed by atoms with Crippen LogP contribution in [-0.2, 0) is 11.3 Å². The highest BCUT2D eigenvalue weighted by Crippen LogP contribution is 2.63. The Morgan fingerprint density at radius 2 is 2.14 bits per heavy atom. The van der Waals surface area contributed by atoms with Gasteiger partial charge in [0, 0.05) is 6.54 Å². The number of rotatable bonds is 7. The zero-order valence-electron chi connectivity index (χ0n) is 12.4. The van der Waals surface area contributed by atoms with Crippen LogP contribution in [0.25, 0.3) is 0 Å². The van der Waals surface area contributed by atoms with Crippen LogP contribution >= 0.6 is 23.2 Å². The van der Waals surface area contributed by atoms with Crippen molar-refractivity contribution in [2.45, 2.75) is 44.0 Å². The summed E-state index contributed by atoms with van der Waals surface area (Å²) in [4.78, 5) is 12.1. The Morgan fingerprint density at radius 3 is 2.76 bits per heavy atom. The lowest BCUT2D eigenvalue weighted by Gasteiger charge is -2.13. The van der Waals surface area contributed by atoms with Crippen LogP contribution in [0.2, 0.25) is 0 Å².